The van der Waals surface area contributed by atoms with Crippen molar-refractivity contribution in [1.29, 1.82) is 0 Å². The van der Waals surface area contributed by atoms with Gasteiger partial charge in [0.15, 0.2) is 0 Å². The van der Waals surface area contributed by atoms with Gasteiger partial charge in [0.25, 0.3) is 0 Å². The van der Waals surface area contributed by atoms with Crippen LogP contribution in [0.25, 0.3) is 0 Å². The van der Waals surface area contributed by atoms with Gasteiger partial charge in [-0.25, -0.2) is 4.98 Å². The molecule has 1 fully saturated rings. The van der Waals surface area contributed by atoms with Gasteiger partial charge in [0.05, 0.1) is 0 Å². The molecule has 0 saturated heterocycles. The molecule has 0 spiro atoms. The van der Waals surface area contributed by atoms with E-state index in [0.29, 0.717) is 5.28 Å². The van der Waals surface area contributed by atoms with Crippen LogP contribution in [0.3, 0.4) is 0 Å². The molecule has 0 unspecified atom stereocenters. The molecule has 1 heterocycles. The van der Waals surface area contributed by atoms with E-state index in [2.05, 4.69) is 9.36 Å². The number of nitrogens with zero attached hydrogens (tertiary/aromatic N) is 2. The highest BCUT2D eigenvalue weighted by atomic mass is 35.5. The first-order chi connectivity index (χ1) is 6.84. The number of rotatable bonds is 3. The second-order valence-corrected chi connectivity index (χ2v) is 5.17. The molecule has 2 rings (SSSR count). The van der Waals surface area contributed by atoms with Gasteiger partial charge in [0.2, 0.25) is 5.28 Å². The Bertz CT molecular complexity index is 281. The van der Waals surface area contributed by atoms with E-state index in [4.69, 9.17) is 11.6 Å². The Morgan fingerprint density at radius 1 is 1.29 bits per heavy atom. The maximum atomic E-state index is 5.67. The van der Waals surface area contributed by atoms with Crippen LogP contribution < -0.4 is 0 Å². The van der Waals surface area contributed by atoms with Crippen molar-refractivity contribution in [3.8, 4) is 0 Å². The van der Waals surface area contributed by atoms with Gasteiger partial charge >= 0.3 is 0 Å². The maximum absolute atomic E-state index is 5.67. The molecular formula is C10H15ClN2S. The Morgan fingerprint density at radius 3 is 2.71 bits per heavy atom. The van der Waals surface area contributed by atoms with Gasteiger partial charge < -0.3 is 0 Å². The third kappa shape index (κ3) is 2.92. The maximum Gasteiger partial charge on any atom is 0.234 e. The van der Waals surface area contributed by atoms with E-state index in [0.717, 1.165) is 17.3 Å². The van der Waals surface area contributed by atoms with E-state index in [1.54, 1.807) is 0 Å². The van der Waals surface area contributed by atoms with Crippen molar-refractivity contribution in [2.24, 2.45) is 5.92 Å². The van der Waals surface area contributed by atoms with Crippen molar-refractivity contribution >= 4 is 23.1 Å². The summed E-state index contributed by atoms with van der Waals surface area (Å²) in [5.41, 5.74) is 0. The number of hydrogen-bond donors (Lipinski definition) is 0. The zero-order valence-electron chi connectivity index (χ0n) is 8.21. The average Bonchev–Trinajstić information content (AvgIpc) is 2.63. The minimum atomic E-state index is 0.411. The van der Waals surface area contributed by atoms with Crippen LogP contribution in [0, 0.1) is 5.92 Å². The van der Waals surface area contributed by atoms with E-state index in [1.807, 2.05) is 0 Å². The molecule has 0 radical (unpaired) electrons. The Kier molecular flexibility index (Phi) is 3.76. The van der Waals surface area contributed by atoms with Gasteiger partial charge in [0.1, 0.15) is 5.01 Å². The first-order valence-electron chi connectivity index (χ1n) is 5.32. The summed E-state index contributed by atoms with van der Waals surface area (Å²) in [7, 11) is 0. The largest absolute Gasteiger partial charge is 0.234 e. The first-order valence-corrected chi connectivity index (χ1v) is 6.48. The van der Waals surface area contributed by atoms with Gasteiger partial charge in [0, 0.05) is 6.42 Å². The lowest BCUT2D eigenvalue weighted by molar-refractivity contribution is 0.339. The number of hydrogen-bond acceptors (Lipinski definition) is 3. The lowest BCUT2D eigenvalue weighted by atomic mass is 9.86. The number of aryl methyl sites for hydroxylation is 1. The Labute approximate surface area is 93.9 Å². The van der Waals surface area contributed by atoms with Crippen LogP contribution in [0.15, 0.2) is 0 Å². The minimum absolute atomic E-state index is 0.411. The molecule has 2 nitrogen and oxygen atoms in total. The standard InChI is InChI=1S/C10H15ClN2S/c11-10-12-9(14-13-10)7-6-8-4-2-1-3-5-8/h8H,1-7H2. The summed E-state index contributed by atoms with van der Waals surface area (Å²) in [6, 6.07) is 0. The minimum Gasteiger partial charge on any atom is -0.210 e. The Hall–Kier alpha value is -0.150. The van der Waals surface area contributed by atoms with Gasteiger partial charge in [-0.05, 0) is 35.5 Å². The fraction of sp³-hybridized carbons (Fsp3) is 0.800. The first kappa shape index (κ1) is 10.4. The van der Waals surface area contributed by atoms with Crippen LogP contribution in [0.5, 0.6) is 0 Å². The molecule has 0 N–H and O–H groups in total. The molecule has 0 atom stereocenters. The predicted octanol–water partition coefficient (Wildman–Crippen LogP) is 3.70. The SMILES string of the molecule is Clc1nsc(CCC2CCCCC2)n1. The fourth-order valence-corrected chi connectivity index (χ4v) is 2.95. The molecule has 1 aromatic heterocycles. The van der Waals surface area contributed by atoms with E-state index in [-0.39, 0.29) is 0 Å². The molecule has 78 valence electrons. The lowest BCUT2D eigenvalue weighted by Crippen LogP contribution is -2.07. The summed E-state index contributed by atoms with van der Waals surface area (Å²) in [6.45, 7) is 0. The summed E-state index contributed by atoms with van der Waals surface area (Å²) < 4.78 is 3.98. The number of aromatic nitrogens is 2. The average molecular weight is 231 g/mol. The third-order valence-electron chi connectivity index (χ3n) is 2.93. The molecule has 4 heteroatoms. The monoisotopic (exact) mass is 230 g/mol. The highest BCUT2D eigenvalue weighted by molar-refractivity contribution is 7.05. The van der Waals surface area contributed by atoms with Crippen molar-refractivity contribution in [3.63, 3.8) is 0 Å². The van der Waals surface area contributed by atoms with Crippen molar-refractivity contribution in [1.82, 2.24) is 9.36 Å². The van der Waals surface area contributed by atoms with Crippen LogP contribution in [-0.2, 0) is 6.42 Å². The molecular weight excluding hydrogens is 216 g/mol. The summed E-state index contributed by atoms with van der Waals surface area (Å²) in [5, 5.41) is 1.51. The zero-order chi connectivity index (χ0) is 9.80. The van der Waals surface area contributed by atoms with Crippen LogP contribution >= 0.6 is 23.1 Å². The topological polar surface area (TPSA) is 25.8 Å². The molecule has 0 aliphatic heterocycles. The molecule has 1 aliphatic rings. The zero-order valence-corrected chi connectivity index (χ0v) is 9.78. The second kappa shape index (κ2) is 5.08. The normalized spacial score (nSPS) is 18.6. The summed E-state index contributed by atoms with van der Waals surface area (Å²) >= 11 is 7.12. The highest BCUT2D eigenvalue weighted by Crippen LogP contribution is 2.27. The fourth-order valence-electron chi connectivity index (χ4n) is 2.14. The van der Waals surface area contributed by atoms with Gasteiger partial charge in [-0.2, -0.15) is 4.37 Å². The summed E-state index contributed by atoms with van der Waals surface area (Å²) in [6.07, 6.45) is 9.42. The molecule has 14 heavy (non-hydrogen) atoms. The van der Waals surface area contributed by atoms with Crippen molar-refractivity contribution in [2.45, 2.75) is 44.9 Å². The third-order valence-corrected chi connectivity index (χ3v) is 3.97. The highest BCUT2D eigenvalue weighted by Gasteiger charge is 2.14. The van der Waals surface area contributed by atoms with E-state index >= 15 is 0 Å². The van der Waals surface area contributed by atoms with Crippen molar-refractivity contribution in [3.05, 3.63) is 10.3 Å². The van der Waals surface area contributed by atoms with Gasteiger partial charge in [-0.1, -0.05) is 32.1 Å². The molecule has 0 bridgehead atoms. The number of halogens is 1. The van der Waals surface area contributed by atoms with Crippen LogP contribution in [-0.4, -0.2) is 9.36 Å². The predicted molar refractivity (Wildman–Crippen MR) is 59.8 cm³/mol. The quantitative estimate of drug-likeness (QED) is 0.791. The Morgan fingerprint density at radius 2 is 2.07 bits per heavy atom. The smallest absolute Gasteiger partial charge is 0.210 e. The molecule has 1 aliphatic carbocycles. The van der Waals surface area contributed by atoms with Crippen LogP contribution in [0.1, 0.15) is 43.5 Å². The van der Waals surface area contributed by atoms with E-state index < -0.39 is 0 Å². The van der Waals surface area contributed by atoms with Crippen molar-refractivity contribution in [2.75, 3.05) is 0 Å². The van der Waals surface area contributed by atoms with Crippen LogP contribution in [0.2, 0.25) is 5.28 Å². The molecule has 1 saturated carbocycles. The second-order valence-electron chi connectivity index (χ2n) is 4.00. The van der Waals surface area contributed by atoms with E-state index in [9.17, 15) is 0 Å². The molecule has 0 amide bonds. The summed E-state index contributed by atoms with van der Waals surface area (Å²) in [5.74, 6) is 0.923. The van der Waals surface area contributed by atoms with E-state index in [1.165, 1.54) is 50.1 Å². The van der Waals surface area contributed by atoms with Gasteiger partial charge in [-0.15, -0.1) is 0 Å². The van der Waals surface area contributed by atoms with Gasteiger partial charge in [-0.3, -0.25) is 0 Å². The molecule has 0 aromatic carbocycles. The van der Waals surface area contributed by atoms with Crippen molar-refractivity contribution < 1.29 is 0 Å². The Balaban J connectivity index is 1.76. The van der Waals surface area contributed by atoms with Crippen LogP contribution in [0.4, 0.5) is 0 Å². The molecule has 1 aromatic rings. The summed E-state index contributed by atoms with van der Waals surface area (Å²) in [4.78, 5) is 4.17. The lowest BCUT2D eigenvalue weighted by Gasteiger charge is -2.20.